The zero-order chi connectivity index (χ0) is 14.7. The first-order valence-electron chi connectivity index (χ1n) is 6.14. The molecule has 1 unspecified atom stereocenters. The average molecular weight is 314 g/mol. The third-order valence-electron chi connectivity index (χ3n) is 2.72. The van der Waals surface area contributed by atoms with E-state index in [1.54, 1.807) is 30.3 Å². The van der Waals surface area contributed by atoms with Gasteiger partial charge in [-0.15, -0.1) is 0 Å². The lowest BCUT2D eigenvalue weighted by Gasteiger charge is -2.14. The molecule has 106 valence electrons. The molecule has 1 atom stereocenters. The number of nitrogens with two attached hydrogens (primary N) is 1. The summed E-state index contributed by atoms with van der Waals surface area (Å²) in [5.41, 5.74) is 6.46. The molecular formula is C15H14Cl2FNO. The maximum Gasteiger partial charge on any atom is 0.166 e. The van der Waals surface area contributed by atoms with Crippen LogP contribution in [0.25, 0.3) is 0 Å². The van der Waals surface area contributed by atoms with Gasteiger partial charge in [-0.2, -0.15) is 0 Å². The SMILES string of the molecule is CC(N)Cc1cccc(F)c1Oc1cccc(Cl)c1Cl. The van der Waals surface area contributed by atoms with E-state index in [0.717, 1.165) is 0 Å². The van der Waals surface area contributed by atoms with Crippen molar-refractivity contribution in [3.05, 3.63) is 57.8 Å². The summed E-state index contributed by atoms with van der Waals surface area (Å²) in [7, 11) is 0. The summed E-state index contributed by atoms with van der Waals surface area (Å²) in [5, 5.41) is 0.610. The van der Waals surface area contributed by atoms with Crippen molar-refractivity contribution >= 4 is 23.2 Å². The molecular weight excluding hydrogens is 300 g/mol. The Kier molecular flexibility index (Phi) is 4.86. The minimum atomic E-state index is -0.459. The fourth-order valence-electron chi connectivity index (χ4n) is 1.85. The number of ether oxygens (including phenoxy) is 1. The predicted octanol–water partition coefficient (Wildman–Crippen LogP) is 4.81. The number of para-hydroxylation sites is 1. The highest BCUT2D eigenvalue weighted by atomic mass is 35.5. The van der Waals surface area contributed by atoms with Gasteiger partial charge in [0.2, 0.25) is 0 Å². The van der Waals surface area contributed by atoms with Crippen molar-refractivity contribution in [2.45, 2.75) is 19.4 Å². The molecule has 2 rings (SSSR count). The van der Waals surface area contributed by atoms with Crippen molar-refractivity contribution in [3.8, 4) is 11.5 Å². The third kappa shape index (κ3) is 3.42. The van der Waals surface area contributed by atoms with E-state index in [2.05, 4.69) is 0 Å². The van der Waals surface area contributed by atoms with Crippen molar-refractivity contribution in [2.24, 2.45) is 5.73 Å². The molecule has 0 bridgehead atoms. The zero-order valence-corrected chi connectivity index (χ0v) is 12.4. The monoisotopic (exact) mass is 313 g/mol. The first-order valence-corrected chi connectivity index (χ1v) is 6.89. The van der Waals surface area contributed by atoms with Crippen molar-refractivity contribution in [1.29, 1.82) is 0 Å². The van der Waals surface area contributed by atoms with Gasteiger partial charge in [0, 0.05) is 6.04 Å². The van der Waals surface area contributed by atoms with Crippen molar-refractivity contribution < 1.29 is 9.13 Å². The van der Waals surface area contributed by atoms with E-state index in [0.29, 0.717) is 22.8 Å². The zero-order valence-electron chi connectivity index (χ0n) is 10.9. The number of hydrogen-bond acceptors (Lipinski definition) is 2. The molecule has 20 heavy (non-hydrogen) atoms. The lowest BCUT2D eigenvalue weighted by molar-refractivity contribution is 0.434. The smallest absolute Gasteiger partial charge is 0.166 e. The Bertz CT molecular complexity index is 617. The van der Waals surface area contributed by atoms with E-state index in [-0.39, 0.29) is 16.8 Å². The summed E-state index contributed by atoms with van der Waals surface area (Å²) in [4.78, 5) is 0. The highest BCUT2D eigenvalue weighted by molar-refractivity contribution is 6.42. The van der Waals surface area contributed by atoms with Crippen LogP contribution >= 0.6 is 23.2 Å². The van der Waals surface area contributed by atoms with Crippen LogP contribution in [0.2, 0.25) is 10.0 Å². The Morgan fingerprint density at radius 1 is 1.20 bits per heavy atom. The molecule has 0 aromatic heterocycles. The molecule has 2 aromatic rings. The van der Waals surface area contributed by atoms with Gasteiger partial charge in [0.05, 0.1) is 5.02 Å². The first-order chi connectivity index (χ1) is 9.49. The molecule has 0 aliphatic carbocycles. The van der Waals surface area contributed by atoms with Gasteiger partial charge in [-0.1, -0.05) is 41.4 Å². The predicted molar refractivity (Wildman–Crippen MR) is 80.3 cm³/mol. The summed E-state index contributed by atoms with van der Waals surface area (Å²) in [6.07, 6.45) is 0.505. The standard InChI is InChI=1S/C15H14Cl2FNO/c1-9(19)8-10-4-2-6-12(18)15(10)20-13-7-3-5-11(16)14(13)17/h2-7,9H,8,19H2,1H3. The summed E-state index contributed by atoms with van der Waals surface area (Å²) < 4.78 is 19.6. The Morgan fingerprint density at radius 3 is 2.60 bits per heavy atom. The Balaban J connectivity index is 2.40. The fourth-order valence-corrected chi connectivity index (χ4v) is 2.18. The van der Waals surface area contributed by atoms with Crippen LogP contribution < -0.4 is 10.5 Å². The minimum Gasteiger partial charge on any atom is -0.452 e. The fraction of sp³-hybridized carbons (Fsp3) is 0.200. The highest BCUT2D eigenvalue weighted by Gasteiger charge is 2.14. The Hall–Kier alpha value is -1.29. The van der Waals surface area contributed by atoms with Crippen molar-refractivity contribution in [3.63, 3.8) is 0 Å². The van der Waals surface area contributed by atoms with E-state index >= 15 is 0 Å². The topological polar surface area (TPSA) is 35.2 Å². The minimum absolute atomic E-state index is 0.103. The molecule has 2 nitrogen and oxygen atoms in total. The highest BCUT2D eigenvalue weighted by Crippen LogP contribution is 2.36. The van der Waals surface area contributed by atoms with Crippen molar-refractivity contribution in [2.75, 3.05) is 0 Å². The molecule has 0 spiro atoms. The van der Waals surface area contributed by atoms with Crippen LogP contribution in [0.1, 0.15) is 12.5 Å². The molecule has 0 amide bonds. The van der Waals surface area contributed by atoms with Gasteiger partial charge in [0.1, 0.15) is 10.8 Å². The van der Waals surface area contributed by atoms with Crippen LogP contribution in [-0.2, 0) is 6.42 Å². The van der Waals surface area contributed by atoms with Crippen LogP contribution in [0, 0.1) is 5.82 Å². The quantitative estimate of drug-likeness (QED) is 0.878. The van der Waals surface area contributed by atoms with E-state index in [1.165, 1.54) is 6.07 Å². The van der Waals surface area contributed by atoms with Gasteiger partial charge >= 0.3 is 0 Å². The van der Waals surface area contributed by atoms with Crippen LogP contribution in [0.5, 0.6) is 11.5 Å². The van der Waals surface area contributed by atoms with Crippen molar-refractivity contribution in [1.82, 2.24) is 0 Å². The summed E-state index contributed by atoms with van der Waals surface area (Å²) >= 11 is 12.0. The molecule has 0 heterocycles. The summed E-state index contributed by atoms with van der Waals surface area (Å²) in [6.45, 7) is 1.85. The molecule has 5 heteroatoms. The molecule has 0 radical (unpaired) electrons. The normalized spacial score (nSPS) is 12.2. The molecule has 2 aromatic carbocycles. The maximum atomic E-state index is 14.0. The second-order valence-corrected chi connectivity index (χ2v) is 5.35. The number of halogens is 3. The molecule has 0 aliphatic heterocycles. The molecule has 0 saturated heterocycles. The largest absolute Gasteiger partial charge is 0.452 e. The van der Waals surface area contributed by atoms with E-state index in [4.69, 9.17) is 33.7 Å². The first kappa shape index (κ1) is 15.1. The van der Waals surface area contributed by atoms with Gasteiger partial charge in [-0.3, -0.25) is 0 Å². The van der Waals surface area contributed by atoms with Gasteiger partial charge in [0.15, 0.2) is 11.6 Å². The second-order valence-electron chi connectivity index (χ2n) is 4.56. The van der Waals surface area contributed by atoms with Gasteiger partial charge in [-0.05, 0) is 37.1 Å². The van der Waals surface area contributed by atoms with Crippen LogP contribution in [0.3, 0.4) is 0 Å². The molecule has 0 fully saturated rings. The van der Waals surface area contributed by atoms with Gasteiger partial charge in [-0.25, -0.2) is 4.39 Å². The van der Waals surface area contributed by atoms with Gasteiger partial charge in [0.25, 0.3) is 0 Å². The van der Waals surface area contributed by atoms with Crippen LogP contribution in [-0.4, -0.2) is 6.04 Å². The van der Waals surface area contributed by atoms with E-state index in [9.17, 15) is 4.39 Å². The number of hydrogen-bond donors (Lipinski definition) is 1. The molecule has 2 N–H and O–H groups in total. The lowest BCUT2D eigenvalue weighted by Crippen LogP contribution is -2.18. The lowest BCUT2D eigenvalue weighted by atomic mass is 10.1. The molecule has 0 saturated carbocycles. The van der Waals surface area contributed by atoms with Crippen LogP contribution in [0.4, 0.5) is 4.39 Å². The summed E-state index contributed by atoms with van der Waals surface area (Å²) in [5.74, 6) is -0.0108. The maximum absolute atomic E-state index is 14.0. The van der Waals surface area contributed by atoms with E-state index in [1.807, 2.05) is 6.92 Å². The Morgan fingerprint density at radius 2 is 1.90 bits per heavy atom. The second kappa shape index (κ2) is 6.44. The number of benzene rings is 2. The van der Waals surface area contributed by atoms with E-state index < -0.39 is 5.82 Å². The molecule has 0 aliphatic rings. The Labute approximate surface area is 127 Å². The number of rotatable bonds is 4. The summed E-state index contributed by atoms with van der Waals surface area (Å²) in [6, 6.07) is 9.60. The van der Waals surface area contributed by atoms with Crippen LogP contribution in [0.15, 0.2) is 36.4 Å². The third-order valence-corrected chi connectivity index (χ3v) is 3.52. The average Bonchev–Trinajstić information content (AvgIpc) is 2.38. The van der Waals surface area contributed by atoms with Gasteiger partial charge < -0.3 is 10.5 Å².